The van der Waals surface area contributed by atoms with Crippen molar-refractivity contribution in [1.29, 1.82) is 0 Å². The van der Waals surface area contributed by atoms with Crippen molar-refractivity contribution in [2.24, 2.45) is 7.05 Å². The molecule has 0 aliphatic heterocycles. The van der Waals surface area contributed by atoms with Gasteiger partial charge in [0.2, 0.25) is 0 Å². The molecule has 0 aromatic carbocycles. The molecule has 0 spiro atoms. The summed E-state index contributed by atoms with van der Waals surface area (Å²) in [6.07, 6.45) is 1.80. The van der Waals surface area contributed by atoms with E-state index >= 15 is 0 Å². The average Bonchev–Trinajstić information content (AvgIpc) is 3.15. The minimum Gasteiger partial charge on any atom is -0.377 e. The molecule has 0 aliphatic rings. The molecule has 0 saturated carbocycles. The lowest BCUT2D eigenvalue weighted by molar-refractivity contribution is 0.178. The van der Waals surface area contributed by atoms with Crippen LogP contribution < -0.4 is 5.32 Å². The summed E-state index contributed by atoms with van der Waals surface area (Å²) >= 11 is 1.79. The van der Waals surface area contributed by atoms with Crippen LogP contribution in [0.25, 0.3) is 11.0 Å². The summed E-state index contributed by atoms with van der Waals surface area (Å²) in [6.45, 7) is 3.28. The Kier molecular flexibility index (Phi) is 5.31. The number of anilines is 1. The molecule has 0 radical (unpaired) electrons. The second-order valence-corrected chi connectivity index (χ2v) is 7.20. The summed E-state index contributed by atoms with van der Waals surface area (Å²) in [6, 6.07) is 2.43. The van der Waals surface area contributed by atoms with Gasteiger partial charge in [0.15, 0.2) is 11.5 Å². The van der Waals surface area contributed by atoms with Gasteiger partial charge in [0.25, 0.3) is 0 Å². The highest BCUT2D eigenvalue weighted by Gasteiger charge is 2.19. The SMILES string of the molecule is COCc1nc(NCC(c2sccc2C)N(C)C)c2cnn(C)c2n1. The minimum absolute atomic E-state index is 0.271. The molecule has 1 N–H and O–H groups in total. The fraction of sp³-hybridized carbons (Fsp3) is 0.471. The third-order valence-corrected chi connectivity index (χ3v) is 5.32. The Balaban J connectivity index is 1.90. The highest BCUT2D eigenvalue weighted by Crippen LogP contribution is 2.28. The van der Waals surface area contributed by atoms with Gasteiger partial charge in [-0.1, -0.05) is 0 Å². The highest BCUT2D eigenvalue weighted by atomic mass is 32.1. The first-order valence-electron chi connectivity index (χ1n) is 8.13. The Morgan fingerprint density at radius 3 is 2.80 bits per heavy atom. The first-order valence-corrected chi connectivity index (χ1v) is 9.01. The Hall–Kier alpha value is -2.03. The van der Waals surface area contributed by atoms with Crippen molar-refractivity contribution in [2.45, 2.75) is 19.6 Å². The normalized spacial score (nSPS) is 12.9. The molecule has 3 rings (SSSR count). The average molecular weight is 360 g/mol. The number of thiophene rings is 1. The first kappa shape index (κ1) is 17.8. The molecule has 3 heterocycles. The molecule has 134 valence electrons. The zero-order chi connectivity index (χ0) is 18.0. The minimum atomic E-state index is 0.271. The van der Waals surface area contributed by atoms with Gasteiger partial charge in [0.05, 0.1) is 17.6 Å². The van der Waals surface area contributed by atoms with Gasteiger partial charge in [-0.3, -0.25) is 4.68 Å². The number of nitrogens with one attached hydrogen (secondary N) is 1. The van der Waals surface area contributed by atoms with Gasteiger partial charge in [-0.2, -0.15) is 5.10 Å². The Labute approximate surface area is 151 Å². The predicted molar refractivity (Wildman–Crippen MR) is 101 cm³/mol. The Bertz CT molecular complexity index is 856. The van der Waals surface area contributed by atoms with Gasteiger partial charge < -0.3 is 15.0 Å². The van der Waals surface area contributed by atoms with Gasteiger partial charge in [-0.15, -0.1) is 11.3 Å². The zero-order valence-corrected chi connectivity index (χ0v) is 16.1. The summed E-state index contributed by atoms with van der Waals surface area (Å²) in [5.41, 5.74) is 2.12. The van der Waals surface area contributed by atoms with Crippen molar-refractivity contribution >= 4 is 28.2 Å². The van der Waals surface area contributed by atoms with Crippen LogP contribution in [0.1, 0.15) is 22.3 Å². The molecule has 0 aliphatic carbocycles. The standard InChI is InChI=1S/C17H24N6OS/c1-11-6-7-25-15(11)13(22(2)3)9-18-16-12-8-19-23(4)17(12)21-14(20-16)10-24-5/h6-8,13H,9-10H2,1-5H3,(H,18,20,21). The van der Waals surface area contributed by atoms with Crippen LogP contribution in [0, 0.1) is 6.92 Å². The second kappa shape index (κ2) is 7.47. The fourth-order valence-corrected chi connectivity index (χ4v) is 3.95. The molecule has 25 heavy (non-hydrogen) atoms. The zero-order valence-electron chi connectivity index (χ0n) is 15.3. The van der Waals surface area contributed by atoms with E-state index in [9.17, 15) is 0 Å². The van der Waals surface area contributed by atoms with Crippen molar-refractivity contribution in [1.82, 2.24) is 24.6 Å². The molecule has 3 aromatic heterocycles. The molecule has 1 atom stereocenters. The molecular weight excluding hydrogens is 336 g/mol. The topological polar surface area (TPSA) is 68.1 Å². The fourth-order valence-electron chi connectivity index (χ4n) is 2.82. The lowest BCUT2D eigenvalue weighted by atomic mass is 10.1. The maximum absolute atomic E-state index is 5.20. The van der Waals surface area contributed by atoms with Gasteiger partial charge in [-0.05, 0) is 38.0 Å². The van der Waals surface area contributed by atoms with Crippen molar-refractivity contribution in [3.05, 3.63) is 33.9 Å². The monoisotopic (exact) mass is 360 g/mol. The lowest BCUT2D eigenvalue weighted by Gasteiger charge is -2.25. The molecule has 3 aromatic rings. The Morgan fingerprint density at radius 1 is 1.36 bits per heavy atom. The van der Waals surface area contributed by atoms with Crippen molar-refractivity contribution in [3.63, 3.8) is 0 Å². The van der Waals surface area contributed by atoms with E-state index in [-0.39, 0.29) is 6.04 Å². The van der Waals surface area contributed by atoms with E-state index in [2.05, 4.69) is 57.7 Å². The van der Waals surface area contributed by atoms with Crippen LogP contribution in [0.3, 0.4) is 0 Å². The van der Waals surface area contributed by atoms with Crippen LogP contribution in [-0.2, 0) is 18.4 Å². The maximum atomic E-state index is 5.20. The summed E-state index contributed by atoms with van der Waals surface area (Å²) in [4.78, 5) is 12.7. The third kappa shape index (κ3) is 3.65. The van der Waals surface area contributed by atoms with Crippen LogP contribution in [-0.4, -0.2) is 52.4 Å². The number of ether oxygens (including phenoxy) is 1. The number of hydrogen-bond acceptors (Lipinski definition) is 7. The van der Waals surface area contributed by atoms with Gasteiger partial charge in [0, 0.05) is 25.6 Å². The van der Waals surface area contributed by atoms with E-state index < -0.39 is 0 Å². The number of likely N-dealkylation sites (N-methyl/N-ethyl adjacent to an activating group) is 1. The van der Waals surface area contributed by atoms with E-state index in [0.717, 1.165) is 23.4 Å². The molecule has 0 saturated heterocycles. The number of methoxy groups -OCH3 is 1. The van der Waals surface area contributed by atoms with Gasteiger partial charge in [-0.25, -0.2) is 9.97 Å². The van der Waals surface area contributed by atoms with Crippen LogP contribution in [0.4, 0.5) is 5.82 Å². The third-order valence-electron chi connectivity index (χ3n) is 4.20. The van der Waals surface area contributed by atoms with E-state index in [0.29, 0.717) is 12.4 Å². The van der Waals surface area contributed by atoms with Crippen molar-refractivity contribution in [2.75, 3.05) is 33.1 Å². The smallest absolute Gasteiger partial charge is 0.163 e. The largest absolute Gasteiger partial charge is 0.377 e. The molecule has 0 amide bonds. The predicted octanol–water partition coefficient (Wildman–Crippen LogP) is 2.59. The molecule has 0 fully saturated rings. The summed E-state index contributed by atoms with van der Waals surface area (Å²) < 4.78 is 6.96. The molecule has 7 nitrogen and oxygen atoms in total. The second-order valence-electron chi connectivity index (χ2n) is 6.26. The molecule has 0 bridgehead atoms. The number of rotatable bonds is 7. The number of aryl methyl sites for hydroxylation is 2. The number of hydrogen-bond donors (Lipinski definition) is 1. The van der Waals surface area contributed by atoms with Crippen LogP contribution >= 0.6 is 11.3 Å². The van der Waals surface area contributed by atoms with Crippen LogP contribution in [0.2, 0.25) is 0 Å². The summed E-state index contributed by atoms with van der Waals surface area (Å²) in [5.74, 6) is 1.45. The lowest BCUT2D eigenvalue weighted by Crippen LogP contribution is -2.27. The van der Waals surface area contributed by atoms with Gasteiger partial charge >= 0.3 is 0 Å². The number of fused-ring (bicyclic) bond motifs is 1. The van der Waals surface area contributed by atoms with Crippen LogP contribution in [0.5, 0.6) is 0 Å². The molecule has 8 heteroatoms. The van der Waals surface area contributed by atoms with Crippen molar-refractivity contribution < 1.29 is 4.74 Å². The van der Waals surface area contributed by atoms with E-state index in [1.165, 1.54) is 10.4 Å². The van der Waals surface area contributed by atoms with E-state index in [1.54, 1.807) is 29.3 Å². The number of nitrogens with zero attached hydrogens (tertiary/aromatic N) is 5. The van der Waals surface area contributed by atoms with E-state index in [1.807, 2.05) is 7.05 Å². The molecular formula is C17H24N6OS. The number of aromatic nitrogens is 4. The highest BCUT2D eigenvalue weighted by molar-refractivity contribution is 7.10. The maximum Gasteiger partial charge on any atom is 0.163 e. The molecule has 1 unspecified atom stereocenters. The van der Waals surface area contributed by atoms with Crippen molar-refractivity contribution in [3.8, 4) is 0 Å². The van der Waals surface area contributed by atoms with E-state index in [4.69, 9.17) is 4.74 Å². The van der Waals surface area contributed by atoms with Gasteiger partial charge in [0.1, 0.15) is 12.4 Å². The summed E-state index contributed by atoms with van der Waals surface area (Å²) in [5, 5.41) is 10.9. The quantitative estimate of drug-likeness (QED) is 0.698. The van der Waals surface area contributed by atoms with Crippen LogP contribution in [0.15, 0.2) is 17.6 Å². The first-order chi connectivity index (χ1) is 12.0. The Morgan fingerprint density at radius 2 is 2.16 bits per heavy atom. The summed E-state index contributed by atoms with van der Waals surface area (Å²) in [7, 11) is 7.72.